The zero-order chi connectivity index (χ0) is 12.8. The largest absolute Gasteiger partial charge is 0.366 e. The highest BCUT2D eigenvalue weighted by atomic mass is 15.2. The Bertz CT molecular complexity index is 419. The van der Waals surface area contributed by atoms with Crippen molar-refractivity contribution < 1.29 is 0 Å². The normalized spacial score (nSPS) is 17.3. The van der Waals surface area contributed by atoms with Gasteiger partial charge in [-0.1, -0.05) is 0 Å². The zero-order valence-corrected chi connectivity index (χ0v) is 10.6. The van der Waals surface area contributed by atoms with E-state index in [4.69, 9.17) is 5.26 Å². The molecule has 1 aromatic rings. The fraction of sp³-hybridized carbons (Fsp3) is 0.583. The van der Waals surface area contributed by atoms with Crippen molar-refractivity contribution in [2.45, 2.75) is 0 Å². The van der Waals surface area contributed by atoms with Crippen molar-refractivity contribution in [2.75, 3.05) is 51.6 Å². The highest BCUT2D eigenvalue weighted by Crippen LogP contribution is 2.06. The molecule has 0 amide bonds. The summed E-state index contributed by atoms with van der Waals surface area (Å²) in [7, 11) is 2.15. The van der Waals surface area contributed by atoms with Gasteiger partial charge >= 0.3 is 0 Å². The Morgan fingerprint density at radius 3 is 2.72 bits per heavy atom. The SMILES string of the molecule is CN1CCN(CCNc2nccnc2C#N)CC1. The molecule has 1 aromatic heterocycles. The van der Waals surface area contributed by atoms with E-state index in [-0.39, 0.29) is 0 Å². The molecule has 6 heteroatoms. The van der Waals surface area contributed by atoms with Gasteiger partial charge in [0.2, 0.25) is 0 Å². The van der Waals surface area contributed by atoms with Crippen LogP contribution in [0.15, 0.2) is 12.4 Å². The van der Waals surface area contributed by atoms with Crippen molar-refractivity contribution in [1.29, 1.82) is 5.26 Å². The predicted octanol–water partition coefficient (Wildman–Crippen LogP) is 0.00758. The van der Waals surface area contributed by atoms with Crippen molar-refractivity contribution in [3.05, 3.63) is 18.1 Å². The summed E-state index contributed by atoms with van der Waals surface area (Å²) in [6.45, 7) is 6.20. The third-order valence-corrected chi connectivity index (χ3v) is 3.12. The second-order valence-corrected chi connectivity index (χ2v) is 4.44. The van der Waals surface area contributed by atoms with Crippen LogP contribution in [0.2, 0.25) is 0 Å². The molecule has 0 radical (unpaired) electrons. The summed E-state index contributed by atoms with van der Waals surface area (Å²) in [4.78, 5) is 12.8. The molecule has 2 heterocycles. The van der Waals surface area contributed by atoms with E-state index in [1.54, 1.807) is 6.20 Å². The third kappa shape index (κ3) is 3.39. The molecule has 2 rings (SSSR count). The standard InChI is InChI=1S/C12H18N6/c1-17-6-8-18(9-7-17)5-4-16-12-11(10-13)14-2-3-15-12/h2-3H,4-9H2,1H3,(H,15,16). The molecular weight excluding hydrogens is 228 g/mol. The number of rotatable bonds is 4. The minimum absolute atomic E-state index is 0.357. The zero-order valence-electron chi connectivity index (χ0n) is 10.6. The first kappa shape index (κ1) is 12.7. The smallest absolute Gasteiger partial charge is 0.182 e. The van der Waals surface area contributed by atoms with Gasteiger partial charge < -0.3 is 10.2 Å². The Morgan fingerprint density at radius 1 is 1.28 bits per heavy atom. The Kier molecular flexibility index (Phi) is 4.45. The topological polar surface area (TPSA) is 68.1 Å². The van der Waals surface area contributed by atoms with E-state index in [0.29, 0.717) is 11.5 Å². The third-order valence-electron chi connectivity index (χ3n) is 3.12. The second-order valence-electron chi connectivity index (χ2n) is 4.44. The second kappa shape index (κ2) is 6.28. The first-order valence-corrected chi connectivity index (χ1v) is 6.15. The van der Waals surface area contributed by atoms with Gasteiger partial charge in [-0.05, 0) is 7.05 Å². The van der Waals surface area contributed by atoms with E-state index in [0.717, 1.165) is 39.3 Å². The van der Waals surface area contributed by atoms with Crippen molar-refractivity contribution in [3.63, 3.8) is 0 Å². The van der Waals surface area contributed by atoms with Crippen molar-refractivity contribution in [2.24, 2.45) is 0 Å². The molecule has 1 saturated heterocycles. The molecular formula is C12H18N6. The Morgan fingerprint density at radius 2 is 2.00 bits per heavy atom. The maximum Gasteiger partial charge on any atom is 0.182 e. The van der Waals surface area contributed by atoms with Gasteiger partial charge in [0.15, 0.2) is 11.5 Å². The van der Waals surface area contributed by atoms with Crippen LogP contribution in [0.3, 0.4) is 0 Å². The predicted molar refractivity (Wildman–Crippen MR) is 69.2 cm³/mol. The lowest BCUT2D eigenvalue weighted by Gasteiger charge is -2.32. The average Bonchev–Trinajstić information content (AvgIpc) is 2.41. The fourth-order valence-electron chi connectivity index (χ4n) is 1.95. The number of aromatic nitrogens is 2. The Balaban J connectivity index is 1.77. The lowest BCUT2D eigenvalue weighted by Crippen LogP contribution is -2.45. The number of likely N-dealkylation sites (N-methyl/N-ethyl adjacent to an activating group) is 1. The van der Waals surface area contributed by atoms with Crippen LogP contribution in [0.25, 0.3) is 0 Å². The molecule has 0 aromatic carbocycles. The molecule has 1 fully saturated rings. The number of nitriles is 1. The summed E-state index contributed by atoms with van der Waals surface area (Å²) in [6.07, 6.45) is 3.13. The van der Waals surface area contributed by atoms with Crippen molar-refractivity contribution >= 4 is 5.82 Å². The lowest BCUT2D eigenvalue weighted by atomic mass is 10.3. The fourth-order valence-corrected chi connectivity index (χ4v) is 1.95. The molecule has 0 unspecified atom stereocenters. The van der Waals surface area contributed by atoms with Crippen LogP contribution in [-0.2, 0) is 0 Å². The summed E-state index contributed by atoms with van der Waals surface area (Å²) in [6, 6.07) is 2.03. The summed E-state index contributed by atoms with van der Waals surface area (Å²) < 4.78 is 0. The summed E-state index contributed by atoms with van der Waals surface area (Å²) in [5.41, 5.74) is 0.357. The van der Waals surface area contributed by atoms with E-state index in [1.807, 2.05) is 6.07 Å². The monoisotopic (exact) mass is 246 g/mol. The number of anilines is 1. The van der Waals surface area contributed by atoms with E-state index in [9.17, 15) is 0 Å². The van der Waals surface area contributed by atoms with Gasteiger partial charge in [0, 0.05) is 51.7 Å². The van der Waals surface area contributed by atoms with Gasteiger partial charge in [-0.2, -0.15) is 5.26 Å². The van der Waals surface area contributed by atoms with E-state index >= 15 is 0 Å². The minimum Gasteiger partial charge on any atom is -0.366 e. The molecule has 0 bridgehead atoms. The average molecular weight is 246 g/mol. The quantitative estimate of drug-likeness (QED) is 0.807. The molecule has 18 heavy (non-hydrogen) atoms. The van der Waals surface area contributed by atoms with Crippen LogP contribution in [0.5, 0.6) is 0 Å². The first-order valence-electron chi connectivity index (χ1n) is 6.15. The molecule has 96 valence electrons. The van der Waals surface area contributed by atoms with E-state index in [1.165, 1.54) is 6.20 Å². The van der Waals surface area contributed by atoms with Gasteiger partial charge in [-0.25, -0.2) is 9.97 Å². The molecule has 1 aliphatic rings. The maximum atomic E-state index is 8.89. The van der Waals surface area contributed by atoms with Crippen LogP contribution >= 0.6 is 0 Å². The molecule has 1 N–H and O–H groups in total. The molecule has 1 aliphatic heterocycles. The van der Waals surface area contributed by atoms with Gasteiger partial charge in [0.1, 0.15) is 6.07 Å². The molecule has 6 nitrogen and oxygen atoms in total. The molecule has 0 spiro atoms. The summed E-state index contributed by atoms with van der Waals surface area (Å²) in [5.74, 6) is 0.578. The Hall–Kier alpha value is -1.71. The van der Waals surface area contributed by atoms with Crippen LogP contribution < -0.4 is 5.32 Å². The molecule has 0 aliphatic carbocycles. The number of hydrogen-bond acceptors (Lipinski definition) is 6. The van der Waals surface area contributed by atoms with Gasteiger partial charge in [-0.15, -0.1) is 0 Å². The highest BCUT2D eigenvalue weighted by molar-refractivity contribution is 5.46. The first-order chi connectivity index (χ1) is 8.79. The van der Waals surface area contributed by atoms with Crippen molar-refractivity contribution in [1.82, 2.24) is 19.8 Å². The van der Waals surface area contributed by atoms with Gasteiger partial charge in [0.05, 0.1) is 0 Å². The summed E-state index contributed by atoms with van der Waals surface area (Å²) >= 11 is 0. The van der Waals surface area contributed by atoms with Crippen LogP contribution in [-0.4, -0.2) is 66.1 Å². The molecule has 0 saturated carbocycles. The van der Waals surface area contributed by atoms with Gasteiger partial charge in [-0.3, -0.25) is 4.90 Å². The minimum atomic E-state index is 0.357. The lowest BCUT2D eigenvalue weighted by molar-refractivity contribution is 0.158. The van der Waals surface area contributed by atoms with Crippen LogP contribution in [0.1, 0.15) is 5.69 Å². The Labute approximate surface area is 107 Å². The highest BCUT2D eigenvalue weighted by Gasteiger charge is 2.13. The van der Waals surface area contributed by atoms with E-state index in [2.05, 4.69) is 32.1 Å². The number of nitrogens with zero attached hydrogens (tertiary/aromatic N) is 5. The number of piperazine rings is 1. The van der Waals surface area contributed by atoms with Crippen LogP contribution in [0.4, 0.5) is 5.82 Å². The van der Waals surface area contributed by atoms with Crippen LogP contribution in [0, 0.1) is 11.3 Å². The van der Waals surface area contributed by atoms with E-state index < -0.39 is 0 Å². The number of nitrogens with one attached hydrogen (secondary N) is 1. The molecule has 0 atom stereocenters. The number of hydrogen-bond donors (Lipinski definition) is 1. The summed E-state index contributed by atoms with van der Waals surface area (Å²) in [5, 5.41) is 12.1. The maximum absolute atomic E-state index is 8.89. The van der Waals surface area contributed by atoms with Gasteiger partial charge in [0.25, 0.3) is 0 Å². The van der Waals surface area contributed by atoms with Crippen molar-refractivity contribution in [3.8, 4) is 6.07 Å².